The minimum absolute atomic E-state index is 0.139. The van der Waals surface area contributed by atoms with Crippen molar-refractivity contribution in [3.05, 3.63) is 10.8 Å². The number of nitrogens with zero attached hydrogens (tertiary/aromatic N) is 3. The quantitative estimate of drug-likeness (QED) is 0.376. The molecule has 0 saturated heterocycles. The lowest BCUT2D eigenvalue weighted by Crippen LogP contribution is -2.42. The Bertz CT molecular complexity index is 518. The molecule has 0 unspecified atom stereocenters. The molecule has 0 saturated carbocycles. The van der Waals surface area contributed by atoms with Gasteiger partial charge in [0.05, 0.1) is 6.42 Å². The van der Waals surface area contributed by atoms with Crippen molar-refractivity contribution in [3.8, 4) is 0 Å². The number of aromatic nitrogens is 2. The van der Waals surface area contributed by atoms with E-state index in [-0.39, 0.29) is 23.0 Å². The van der Waals surface area contributed by atoms with Crippen LogP contribution >= 0.6 is 11.5 Å². The van der Waals surface area contributed by atoms with Crippen molar-refractivity contribution in [1.82, 2.24) is 14.4 Å². The minimum atomic E-state index is -0.611. The number of hydrogen-bond donors (Lipinski definition) is 1. The average Bonchev–Trinajstić information content (AvgIpc) is 2.73. The normalized spacial score (nSPS) is 11.2. The summed E-state index contributed by atoms with van der Waals surface area (Å²) in [5.74, 6) is 4.14. The summed E-state index contributed by atoms with van der Waals surface area (Å²) < 4.78 is 3.93. The summed E-state index contributed by atoms with van der Waals surface area (Å²) in [4.78, 5) is 38.4. The number of nitrogens with two attached hydrogens (primary N) is 1. The van der Waals surface area contributed by atoms with Crippen LogP contribution in [0.3, 0.4) is 0 Å². The van der Waals surface area contributed by atoms with Gasteiger partial charge in [-0.15, -0.1) is 0 Å². The van der Waals surface area contributed by atoms with Gasteiger partial charge in [-0.05, 0) is 11.5 Å². The van der Waals surface area contributed by atoms with E-state index in [0.717, 1.165) is 11.5 Å². The summed E-state index contributed by atoms with van der Waals surface area (Å²) >= 11 is 0.939. The number of hydrogen-bond acceptors (Lipinski definition) is 7. The van der Waals surface area contributed by atoms with E-state index in [1.54, 1.807) is 20.8 Å². The van der Waals surface area contributed by atoms with Crippen LogP contribution in [0.25, 0.3) is 0 Å². The molecule has 7 nitrogen and oxygen atoms in total. The van der Waals surface area contributed by atoms with E-state index < -0.39 is 17.2 Å². The Morgan fingerprint density at radius 2 is 1.89 bits per heavy atom. The third-order valence-corrected chi connectivity index (χ3v) is 3.01. The smallest absolute Gasteiger partial charge is 0.251 e. The predicted octanol–water partition coefficient (Wildman–Crippen LogP) is 0.558. The van der Waals surface area contributed by atoms with Crippen molar-refractivity contribution in [2.24, 2.45) is 11.3 Å². The third-order valence-electron chi connectivity index (χ3n) is 2.26. The topological polar surface area (TPSA) is 106 Å². The van der Waals surface area contributed by atoms with Gasteiger partial charge in [0, 0.05) is 12.3 Å². The standard InChI is InChI=1S/C11H16N4O3S/c1-6(16)15(12)8(17)5-7-13-10(19-14-7)9(18)11(2,3)4/h5,12H2,1-4H3. The van der Waals surface area contributed by atoms with Gasteiger partial charge in [0.1, 0.15) is 0 Å². The maximum atomic E-state index is 11.9. The molecule has 1 heterocycles. The summed E-state index contributed by atoms with van der Waals surface area (Å²) in [5, 5.41) is 0.758. The summed E-state index contributed by atoms with van der Waals surface area (Å²) in [7, 11) is 0. The second-order valence-corrected chi connectivity index (χ2v) is 5.81. The lowest BCUT2D eigenvalue weighted by Gasteiger charge is -2.13. The van der Waals surface area contributed by atoms with E-state index in [9.17, 15) is 14.4 Å². The van der Waals surface area contributed by atoms with Gasteiger partial charge in [0.2, 0.25) is 5.91 Å². The molecule has 0 aliphatic carbocycles. The van der Waals surface area contributed by atoms with Crippen molar-refractivity contribution in [2.45, 2.75) is 34.1 Å². The highest BCUT2D eigenvalue weighted by molar-refractivity contribution is 7.07. The molecular weight excluding hydrogens is 268 g/mol. The zero-order valence-corrected chi connectivity index (χ0v) is 12.1. The van der Waals surface area contributed by atoms with Crippen LogP contribution in [0.5, 0.6) is 0 Å². The number of imide groups is 1. The molecule has 0 spiro atoms. The van der Waals surface area contributed by atoms with Crippen LogP contribution in [0.1, 0.15) is 43.3 Å². The molecule has 0 aliphatic rings. The number of Topliss-reactive ketones (excluding diaryl/α,β-unsaturated/α-hetero) is 1. The van der Waals surface area contributed by atoms with Crippen LogP contribution in [0.15, 0.2) is 0 Å². The Kier molecular flexibility index (Phi) is 4.48. The van der Waals surface area contributed by atoms with Crippen molar-refractivity contribution in [3.63, 3.8) is 0 Å². The third kappa shape index (κ3) is 3.90. The van der Waals surface area contributed by atoms with Gasteiger partial charge in [-0.25, -0.2) is 15.8 Å². The Morgan fingerprint density at radius 3 is 2.37 bits per heavy atom. The van der Waals surface area contributed by atoms with Gasteiger partial charge in [-0.2, -0.15) is 4.37 Å². The molecule has 0 fully saturated rings. The van der Waals surface area contributed by atoms with E-state index >= 15 is 0 Å². The zero-order chi connectivity index (χ0) is 14.8. The van der Waals surface area contributed by atoms with Crippen LogP contribution < -0.4 is 5.84 Å². The monoisotopic (exact) mass is 284 g/mol. The molecular formula is C11H16N4O3S. The highest BCUT2D eigenvalue weighted by Gasteiger charge is 2.27. The van der Waals surface area contributed by atoms with Crippen LogP contribution in [0, 0.1) is 5.41 Å². The molecule has 2 amide bonds. The van der Waals surface area contributed by atoms with Gasteiger partial charge >= 0.3 is 0 Å². The molecule has 0 atom stereocenters. The number of ketones is 1. The number of rotatable bonds is 3. The van der Waals surface area contributed by atoms with Gasteiger partial charge in [-0.1, -0.05) is 20.8 Å². The maximum Gasteiger partial charge on any atom is 0.251 e. The first kappa shape index (κ1) is 15.4. The van der Waals surface area contributed by atoms with E-state index in [0.29, 0.717) is 5.01 Å². The number of carbonyl (C=O) groups excluding carboxylic acids is 3. The van der Waals surface area contributed by atoms with Gasteiger partial charge in [-0.3, -0.25) is 14.4 Å². The second-order valence-electron chi connectivity index (χ2n) is 5.05. The minimum Gasteiger partial charge on any atom is -0.291 e. The number of carbonyl (C=O) groups is 3. The highest BCUT2D eigenvalue weighted by Crippen LogP contribution is 2.21. The average molecular weight is 284 g/mol. The first-order chi connectivity index (χ1) is 8.62. The van der Waals surface area contributed by atoms with Crippen LogP contribution in [-0.2, 0) is 16.0 Å². The zero-order valence-electron chi connectivity index (χ0n) is 11.3. The van der Waals surface area contributed by atoms with Gasteiger partial charge in [0.15, 0.2) is 16.6 Å². The second kappa shape index (κ2) is 5.54. The Balaban J connectivity index is 2.79. The Labute approximate surface area is 114 Å². The Hall–Kier alpha value is -1.67. The van der Waals surface area contributed by atoms with Gasteiger partial charge in [0.25, 0.3) is 5.91 Å². The molecule has 0 radical (unpaired) electrons. The van der Waals surface area contributed by atoms with Gasteiger partial charge < -0.3 is 0 Å². The van der Waals surface area contributed by atoms with Crippen LogP contribution in [0.4, 0.5) is 0 Å². The molecule has 104 valence electrons. The lowest BCUT2D eigenvalue weighted by atomic mass is 9.91. The van der Waals surface area contributed by atoms with Crippen molar-refractivity contribution < 1.29 is 14.4 Å². The fourth-order valence-corrected chi connectivity index (χ4v) is 1.97. The highest BCUT2D eigenvalue weighted by atomic mass is 32.1. The van der Waals surface area contributed by atoms with E-state index in [2.05, 4.69) is 9.36 Å². The summed E-state index contributed by atoms with van der Waals surface area (Å²) in [6.07, 6.45) is -0.204. The molecule has 1 rings (SSSR count). The molecule has 1 aromatic rings. The lowest BCUT2D eigenvalue weighted by molar-refractivity contribution is -0.143. The predicted molar refractivity (Wildman–Crippen MR) is 69.1 cm³/mol. The van der Waals surface area contributed by atoms with Crippen LogP contribution in [-0.4, -0.2) is 32.0 Å². The molecule has 1 aromatic heterocycles. The van der Waals surface area contributed by atoms with Crippen LogP contribution in [0.2, 0.25) is 0 Å². The molecule has 0 bridgehead atoms. The molecule has 2 N–H and O–H groups in total. The molecule has 19 heavy (non-hydrogen) atoms. The summed E-state index contributed by atoms with van der Waals surface area (Å²) in [5.41, 5.74) is -0.555. The van der Waals surface area contributed by atoms with Crippen molar-refractivity contribution >= 4 is 29.1 Å². The van der Waals surface area contributed by atoms with Crippen molar-refractivity contribution in [1.29, 1.82) is 0 Å². The number of amides is 2. The van der Waals surface area contributed by atoms with E-state index in [4.69, 9.17) is 5.84 Å². The first-order valence-corrected chi connectivity index (χ1v) is 6.36. The fraction of sp³-hybridized carbons (Fsp3) is 0.545. The molecule has 8 heteroatoms. The Morgan fingerprint density at radius 1 is 1.32 bits per heavy atom. The fourth-order valence-electron chi connectivity index (χ4n) is 1.13. The SMILES string of the molecule is CC(=O)N(N)C(=O)Cc1nsc(C(=O)C(C)(C)C)n1. The summed E-state index contributed by atoms with van der Waals surface area (Å²) in [6, 6.07) is 0. The molecule has 0 aliphatic heterocycles. The largest absolute Gasteiger partial charge is 0.291 e. The van der Waals surface area contributed by atoms with Crippen molar-refractivity contribution in [2.75, 3.05) is 0 Å². The van der Waals surface area contributed by atoms with E-state index in [1.165, 1.54) is 6.92 Å². The number of hydrazine groups is 1. The first-order valence-electron chi connectivity index (χ1n) is 5.58. The molecule has 0 aromatic carbocycles. The van der Waals surface area contributed by atoms with E-state index in [1.807, 2.05) is 0 Å². The maximum absolute atomic E-state index is 11.9. The summed E-state index contributed by atoms with van der Waals surface area (Å²) in [6.45, 7) is 6.51.